The molecule has 152 valence electrons. The number of hydrogen-bond donors (Lipinski definition) is 1. The molecule has 1 aliphatic heterocycles. The molecule has 2 heterocycles. The van der Waals surface area contributed by atoms with Crippen molar-refractivity contribution in [3.63, 3.8) is 0 Å². The van der Waals surface area contributed by atoms with Crippen molar-refractivity contribution >= 4 is 50.2 Å². The van der Waals surface area contributed by atoms with Crippen LogP contribution in [0.15, 0.2) is 39.9 Å². The first-order valence-corrected chi connectivity index (χ1v) is 11.9. The second kappa shape index (κ2) is 9.26. The van der Waals surface area contributed by atoms with Crippen LogP contribution < -0.4 is 10.2 Å². The van der Waals surface area contributed by atoms with Crippen LogP contribution in [-0.4, -0.2) is 45.3 Å². The van der Waals surface area contributed by atoms with E-state index < -0.39 is 10.0 Å². The van der Waals surface area contributed by atoms with Gasteiger partial charge in [-0.05, 0) is 48.9 Å². The largest absolute Gasteiger partial charge is 0.370 e. The van der Waals surface area contributed by atoms with Gasteiger partial charge in [-0.2, -0.15) is 0 Å². The van der Waals surface area contributed by atoms with E-state index in [-0.39, 0.29) is 18.9 Å². The molecule has 3 rings (SSSR count). The maximum atomic E-state index is 12.4. The van der Waals surface area contributed by atoms with E-state index in [0.29, 0.717) is 21.3 Å². The highest BCUT2D eigenvalue weighted by Crippen LogP contribution is 2.31. The van der Waals surface area contributed by atoms with Gasteiger partial charge in [-0.3, -0.25) is 4.79 Å². The first-order chi connectivity index (χ1) is 13.4. The molecule has 1 aromatic carbocycles. The Morgan fingerprint density at radius 2 is 2.04 bits per heavy atom. The highest BCUT2D eigenvalue weighted by atomic mass is 35.5. The maximum absolute atomic E-state index is 12.4. The van der Waals surface area contributed by atoms with Crippen molar-refractivity contribution in [1.29, 1.82) is 0 Å². The minimum atomic E-state index is -3.48. The third-order valence-corrected chi connectivity index (χ3v) is 8.18. The van der Waals surface area contributed by atoms with Gasteiger partial charge >= 0.3 is 0 Å². The standard InChI is InChI=1S/C19H24ClN3O3S2/c1-22(28(25,26)19-7-5-13-27-19)10-4-6-18(24)21-16-14-15(20)8-9-17(16)23-11-2-3-12-23/h5,7-9,13-14H,2-4,6,10-12H2,1H3,(H,21,24). The number of carbonyl (C=O) groups excluding carboxylic acids is 1. The third-order valence-electron chi connectivity index (χ3n) is 4.72. The molecule has 28 heavy (non-hydrogen) atoms. The summed E-state index contributed by atoms with van der Waals surface area (Å²) in [6.07, 6.45) is 2.95. The molecule has 2 aromatic rings. The molecule has 1 N–H and O–H groups in total. The average molecular weight is 442 g/mol. The Balaban J connectivity index is 1.56. The molecule has 9 heteroatoms. The molecule has 0 aliphatic carbocycles. The van der Waals surface area contributed by atoms with E-state index in [1.54, 1.807) is 23.6 Å². The van der Waals surface area contributed by atoms with Crippen molar-refractivity contribution in [2.45, 2.75) is 29.9 Å². The summed E-state index contributed by atoms with van der Waals surface area (Å²) in [6.45, 7) is 2.22. The van der Waals surface area contributed by atoms with Gasteiger partial charge in [0.2, 0.25) is 5.91 Å². The predicted molar refractivity (Wildman–Crippen MR) is 115 cm³/mol. The number of halogens is 1. The van der Waals surface area contributed by atoms with Gasteiger partial charge in [0.05, 0.1) is 11.4 Å². The number of anilines is 2. The number of nitrogens with one attached hydrogen (secondary N) is 1. The summed E-state index contributed by atoms with van der Waals surface area (Å²) in [7, 11) is -1.94. The average Bonchev–Trinajstić information content (AvgIpc) is 3.36. The SMILES string of the molecule is CN(CCCC(=O)Nc1cc(Cl)ccc1N1CCCC1)S(=O)(=O)c1cccs1. The van der Waals surface area contributed by atoms with E-state index >= 15 is 0 Å². The van der Waals surface area contributed by atoms with E-state index in [1.807, 2.05) is 12.1 Å². The summed E-state index contributed by atoms with van der Waals surface area (Å²) in [5.74, 6) is -0.148. The zero-order valence-corrected chi connectivity index (χ0v) is 18.1. The molecule has 1 aliphatic rings. The Hall–Kier alpha value is -1.61. The lowest BCUT2D eigenvalue weighted by Gasteiger charge is -2.22. The van der Waals surface area contributed by atoms with Crippen LogP contribution in [0.1, 0.15) is 25.7 Å². The van der Waals surface area contributed by atoms with Crippen LogP contribution in [0.5, 0.6) is 0 Å². The summed E-state index contributed by atoms with van der Waals surface area (Å²) in [6, 6.07) is 8.82. The van der Waals surface area contributed by atoms with Crippen LogP contribution in [0, 0.1) is 0 Å². The Morgan fingerprint density at radius 3 is 2.71 bits per heavy atom. The van der Waals surface area contributed by atoms with Crippen molar-refractivity contribution in [2.75, 3.05) is 36.9 Å². The summed E-state index contributed by atoms with van der Waals surface area (Å²) < 4.78 is 26.4. The normalized spacial score (nSPS) is 14.6. The monoisotopic (exact) mass is 441 g/mol. The number of nitrogens with zero attached hydrogens (tertiary/aromatic N) is 2. The van der Waals surface area contributed by atoms with Gasteiger partial charge in [-0.1, -0.05) is 17.7 Å². The van der Waals surface area contributed by atoms with Crippen molar-refractivity contribution < 1.29 is 13.2 Å². The Bertz CT molecular complexity index is 911. The third kappa shape index (κ3) is 5.05. The fourth-order valence-electron chi connectivity index (χ4n) is 3.20. The molecule has 0 atom stereocenters. The van der Waals surface area contributed by atoms with Crippen molar-refractivity contribution in [2.24, 2.45) is 0 Å². The minimum absolute atomic E-state index is 0.148. The zero-order valence-electron chi connectivity index (χ0n) is 15.7. The Morgan fingerprint density at radius 1 is 1.29 bits per heavy atom. The lowest BCUT2D eigenvalue weighted by atomic mass is 10.2. The van der Waals surface area contributed by atoms with Crippen LogP contribution in [0.2, 0.25) is 5.02 Å². The van der Waals surface area contributed by atoms with Crippen LogP contribution in [0.25, 0.3) is 0 Å². The number of carbonyl (C=O) groups is 1. The molecular weight excluding hydrogens is 418 g/mol. The van der Waals surface area contributed by atoms with Crippen LogP contribution in [0.4, 0.5) is 11.4 Å². The molecule has 0 radical (unpaired) electrons. The van der Waals surface area contributed by atoms with Gasteiger partial charge in [0.25, 0.3) is 10.0 Å². The first-order valence-electron chi connectivity index (χ1n) is 9.22. The maximum Gasteiger partial charge on any atom is 0.252 e. The Kier molecular flexibility index (Phi) is 6.98. The van der Waals surface area contributed by atoms with Crippen molar-refractivity contribution in [3.8, 4) is 0 Å². The summed E-state index contributed by atoms with van der Waals surface area (Å²) >= 11 is 7.30. The molecule has 0 bridgehead atoms. The van der Waals surface area contributed by atoms with Gasteiger partial charge in [-0.15, -0.1) is 11.3 Å². The van der Waals surface area contributed by atoms with Crippen LogP contribution >= 0.6 is 22.9 Å². The summed E-state index contributed by atoms with van der Waals surface area (Å²) in [5, 5.41) is 5.24. The number of thiophene rings is 1. The fourth-order valence-corrected chi connectivity index (χ4v) is 5.78. The van der Waals surface area contributed by atoms with Gasteiger partial charge in [0.1, 0.15) is 4.21 Å². The van der Waals surface area contributed by atoms with Gasteiger partial charge < -0.3 is 10.2 Å². The number of benzene rings is 1. The first kappa shape index (κ1) is 21.1. The second-order valence-electron chi connectivity index (χ2n) is 6.77. The molecule has 1 fully saturated rings. The molecule has 1 aromatic heterocycles. The van der Waals surface area contributed by atoms with Gasteiger partial charge in [0, 0.05) is 38.1 Å². The highest BCUT2D eigenvalue weighted by Gasteiger charge is 2.22. The van der Waals surface area contributed by atoms with Crippen LogP contribution in [0.3, 0.4) is 0 Å². The summed E-state index contributed by atoms with van der Waals surface area (Å²) in [5.41, 5.74) is 1.69. The molecule has 0 spiro atoms. The van der Waals surface area contributed by atoms with E-state index in [2.05, 4.69) is 10.2 Å². The predicted octanol–water partition coefficient (Wildman–Crippen LogP) is 4.04. The van der Waals surface area contributed by atoms with Crippen molar-refractivity contribution in [1.82, 2.24) is 4.31 Å². The smallest absolute Gasteiger partial charge is 0.252 e. The second-order valence-corrected chi connectivity index (χ2v) is 10.4. The van der Waals surface area contributed by atoms with E-state index in [0.717, 1.165) is 31.6 Å². The molecule has 0 unspecified atom stereocenters. The summed E-state index contributed by atoms with van der Waals surface area (Å²) in [4.78, 5) is 14.7. The topological polar surface area (TPSA) is 69.7 Å². The highest BCUT2D eigenvalue weighted by molar-refractivity contribution is 7.91. The van der Waals surface area contributed by atoms with Crippen molar-refractivity contribution in [3.05, 3.63) is 40.7 Å². The van der Waals surface area contributed by atoms with E-state index in [9.17, 15) is 13.2 Å². The molecule has 1 saturated heterocycles. The molecule has 6 nitrogen and oxygen atoms in total. The quantitative estimate of drug-likeness (QED) is 0.671. The molecular formula is C19H24ClN3O3S2. The number of sulfonamides is 1. The van der Waals surface area contributed by atoms with Gasteiger partial charge in [-0.25, -0.2) is 12.7 Å². The Labute approximate surface area is 175 Å². The fraction of sp³-hybridized carbons (Fsp3) is 0.421. The van der Waals surface area contributed by atoms with Gasteiger partial charge in [0.15, 0.2) is 0 Å². The van der Waals surface area contributed by atoms with E-state index in [1.165, 1.54) is 22.7 Å². The zero-order chi connectivity index (χ0) is 20.1. The molecule has 1 amide bonds. The number of rotatable bonds is 8. The minimum Gasteiger partial charge on any atom is -0.370 e. The number of amides is 1. The molecule has 0 saturated carbocycles. The number of hydrogen-bond acceptors (Lipinski definition) is 5. The lowest BCUT2D eigenvalue weighted by Crippen LogP contribution is -2.28. The van der Waals surface area contributed by atoms with E-state index in [4.69, 9.17) is 11.6 Å². The van der Waals surface area contributed by atoms with Crippen LogP contribution in [-0.2, 0) is 14.8 Å². The lowest BCUT2D eigenvalue weighted by molar-refractivity contribution is -0.116.